The summed E-state index contributed by atoms with van der Waals surface area (Å²) >= 11 is 0. The largest absolute Gasteiger partial charge is 0.389 e. The van der Waals surface area contributed by atoms with Crippen molar-refractivity contribution >= 4 is 11.8 Å². The van der Waals surface area contributed by atoms with Crippen molar-refractivity contribution in [2.75, 3.05) is 0 Å². The Labute approximate surface area is 147 Å². The summed E-state index contributed by atoms with van der Waals surface area (Å²) in [5.74, 6) is -0.417. The maximum atomic E-state index is 12.3. The molecule has 3 atom stereocenters. The number of carbonyl (C=O) groups is 2. The Morgan fingerprint density at radius 3 is 1.56 bits per heavy atom. The Hall–Kier alpha value is -2.66. The number of benzene rings is 2. The maximum Gasteiger partial charge on any atom is 0.251 e. The third-order valence-electron chi connectivity index (χ3n) is 4.56. The summed E-state index contributed by atoms with van der Waals surface area (Å²) in [5, 5.41) is 16.4. The molecule has 2 aromatic carbocycles. The van der Waals surface area contributed by atoms with Crippen LogP contribution >= 0.6 is 0 Å². The molecule has 1 saturated carbocycles. The normalized spacial score (nSPS) is 22.8. The van der Waals surface area contributed by atoms with Gasteiger partial charge in [-0.25, -0.2) is 0 Å². The first-order valence-corrected chi connectivity index (χ1v) is 8.55. The molecule has 0 bridgehead atoms. The van der Waals surface area contributed by atoms with Gasteiger partial charge in [0.1, 0.15) is 0 Å². The molecule has 1 aliphatic carbocycles. The number of aliphatic hydroxyl groups excluding tert-OH is 1. The quantitative estimate of drug-likeness (QED) is 0.799. The fraction of sp³-hybridized carbons (Fsp3) is 0.300. The van der Waals surface area contributed by atoms with Gasteiger partial charge < -0.3 is 15.7 Å². The molecule has 0 aliphatic heterocycles. The Bertz CT molecular complexity index is 657. The molecule has 130 valence electrons. The molecule has 2 amide bonds. The molecule has 1 unspecified atom stereocenters. The lowest BCUT2D eigenvalue weighted by molar-refractivity contribution is 0.0480. The van der Waals surface area contributed by atoms with Crippen LogP contribution in [0.15, 0.2) is 60.7 Å². The lowest BCUT2D eigenvalue weighted by Crippen LogP contribution is -2.56. The lowest BCUT2D eigenvalue weighted by Gasteiger charge is -2.35. The van der Waals surface area contributed by atoms with Gasteiger partial charge in [0.05, 0.1) is 18.2 Å². The van der Waals surface area contributed by atoms with E-state index >= 15 is 0 Å². The van der Waals surface area contributed by atoms with E-state index in [1.807, 2.05) is 12.1 Å². The predicted molar refractivity (Wildman–Crippen MR) is 95.3 cm³/mol. The van der Waals surface area contributed by atoms with Gasteiger partial charge in [-0.05, 0) is 43.5 Å². The second-order valence-corrected chi connectivity index (χ2v) is 6.31. The van der Waals surface area contributed by atoms with E-state index in [0.717, 1.165) is 6.42 Å². The number of aliphatic hydroxyl groups is 1. The number of amides is 2. The van der Waals surface area contributed by atoms with E-state index in [0.29, 0.717) is 24.0 Å². The minimum Gasteiger partial charge on any atom is -0.389 e. The van der Waals surface area contributed by atoms with Crippen molar-refractivity contribution in [3.05, 3.63) is 71.8 Å². The zero-order chi connectivity index (χ0) is 17.6. The smallest absolute Gasteiger partial charge is 0.251 e. The van der Waals surface area contributed by atoms with Gasteiger partial charge in [-0.3, -0.25) is 9.59 Å². The first-order valence-electron chi connectivity index (χ1n) is 8.55. The summed E-state index contributed by atoms with van der Waals surface area (Å²) in [6.45, 7) is 0. The highest BCUT2D eigenvalue weighted by Crippen LogP contribution is 2.20. The lowest BCUT2D eigenvalue weighted by atomic mass is 9.87. The van der Waals surface area contributed by atoms with Gasteiger partial charge in [-0.15, -0.1) is 0 Å². The van der Waals surface area contributed by atoms with Crippen LogP contribution in [0.1, 0.15) is 40.0 Å². The molecule has 1 fully saturated rings. The molecule has 25 heavy (non-hydrogen) atoms. The van der Waals surface area contributed by atoms with Crippen LogP contribution in [0.5, 0.6) is 0 Å². The fourth-order valence-corrected chi connectivity index (χ4v) is 3.18. The molecule has 0 spiro atoms. The molecule has 3 N–H and O–H groups in total. The standard InChI is InChI=1S/C20H22N2O3/c23-18-16(21-19(24)14-8-3-1-4-9-14)12-7-13-17(18)22-20(25)15-10-5-2-6-11-15/h1-6,8-11,16-18,23H,7,12-13H2,(H,21,24)(H,22,25)/t16-,17+,18?. The van der Waals surface area contributed by atoms with Gasteiger partial charge in [0.2, 0.25) is 0 Å². The van der Waals surface area contributed by atoms with Crippen LogP contribution in [0.3, 0.4) is 0 Å². The van der Waals surface area contributed by atoms with Gasteiger partial charge in [-0.1, -0.05) is 36.4 Å². The summed E-state index contributed by atoms with van der Waals surface area (Å²) in [4.78, 5) is 24.6. The highest BCUT2D eigenvalue weighted by atomic mass is 16.3. The average molecular weight is 338 g/mol. The van der Waals surface area contributed by atoms with Crippen LogP contribution in [0.4, 0.5) is 0 Å². The third-order valence-corrected chi connectivity index (χ3v) is 4.56. The number of hydrogen-bond acceptors (Lipinski definition) is 3. The van der Waals surface area contributed by atoms with Crippen LogP contribution < -0.4 is 10.6 Å². The van der Waals surface area contributed by atoms with E-state index in [1.54, 1.807) is 48.5 Å². The minimum atomic E-state index is -0.811. The fourth-order valence-electron chi connectivity index (χ4n) is 3.18. The molecule has 0 aromatic heterocycles. The van der Waals surface area contributed by atoms with Gasteiger partial charge >= 0.3 is 0 Å². The van der Waals surface area contributed by atoms with Crippen LogP contribution in [0, 0.1) is 0 Å². The second kappa shape index (κ2) is 7.94. The number of nitrogens with one attached hydrogen (secondary N) is 2. The van der Waals surface area contributed by atoms with E-state index in [9.17, 15) is 14.7 Å². The predicted octanol–water partition coefficient (Wildman–Crippen LogP) is 2.13. The highest BCUT2D eigenvalue weighted by Gasteiger charge is 2.33. The molecule has 2 aromatic rings. The van der Waals surface area contributed by atoms with Gasteiger partial charge in [0, 0.05) is 11.1 Å². The van der Waals surface area contributed by atoms with Crippen molar-refractivity contribution in [3.8, 4) is 0 Å². The van der Waals surface area contributed by atoms with E-state index in [4.69, 9.17) is 0 Å². The highest BCUT2D eigenvalue weighted by molar-refractivity contribution is 5.95. The molecule has 0 saturated heterocycles. The average Bonchev–Trinajstić information content (AvgIpc) is 2.66. The topological polar surface area (TPSA) is 78.4 Å². The van der Waals surface area contributed by atoms with E-state index in [2.05, 4.69) is 10.6 Å². The molecule has 5 heteroatoms. The molecular weight excluding hydrogens is 316 g/mol. The van der Waals surface area contributed by atoms with Gasteiger partial charge in [0.15, 0.2) is 0 Å². The van der Waals surface area contributed by atoms with Crippen LogP contribution in [-0.4, -0.2) is 35.1 Å². The van der Waals surface area contributed by atoms with Gasteiger partial charge in [-0.2, -0.15) is 0 Å². The number of hydrogen-bond donors (Lipinski definition) is 3. The number of rotatable bonds is 4. The summed E-state index contributed by atoms with van der Waals surface area (Å²) in [5.41, 5.74) is 1.12. The van der Waals surface area contributed by atoms with Crippen LogP contribution in [0.2, 0.25) is 0 Å². The van der Waals surface area contributed by atoms with E-state index in [1.165, 1.54) is 0 Å². The Morgan fingerprint density at radius 1 is 0.760 bits per heavy atom. The van der Waals surface area contributed by atoms with Crippen molar-refractivity contribution in [1.29, 1.82) is 0 Å². The third kappa shape index (κ3) is 4.25. The SMILES string of the molecule is O=C(N[C@H]1CCC[C@@H](NC(=O)c2ccccc2)C1O)c1ccccc1. The molecule has 1 aliphatic rings. The van der Waals surface area contributed by atoms with Crippen LogP contribution in [-0.2, 0) is 0 Å². The second-order valence-electron chi connectivity index (χ2n) is 6.31. The van der Waals surface area contributed by atoms with Crippen molar-refractivity contribution in [2.45, 2.75) is 37.5 Å². The summed E-state index contributed by atoms with van der Waals surface area (Å²) in [7, 11) is 0. The Morgan fingerprint density at radius 2 is 1.16 bits per heavy atom. The van der Waals surface area contributed by atoms with Crippen molar-refractivity contribution in [1.82, 2.24) is 10.6 Å². The van der Waals surface area contributed by atoms with E-state index < -0.39 is 6.10 Å². The first-order chi connectivity index (χ1) is 12.1. The van der Waals surface area contributed by atoms with Crippen LogP contribution in [0.25, 0.3) is 0 Å². The molecule has 3 rings (SSSR count). The van der Waals surface area contributed by atoms with Crippen molar-refractivity contribution in [3.63, 3.8) is 0 Å². The molecular formula is C20H22N2O3. The monoisotopic (exact) mass is 338 g/mol. The minimum absolute atomic E-state index is 0.209. The number of carbonyl (C=O) groups excluding carboxylic acids is 2. The molecule has 0 radical (unpaired) electrons. The maximum absolute atomic E-state index is 12.3. The van der Waals surface area contributed by atoms with Crippen molar-refractivity contribution in [2.24, 2.45) is 0 Å². The van der Waals surface area contributed by atoms with Crippen molar-refractivity contribution < 1.29 is 14.7 Å². The summed E-state index contributed by atoms with van der Waals surface area (Å²) in [6, 6.07) is 17.1. The first kappa shape index (κ1) is 17.2. The Kier molecular flexibility index (Phi) is 5.46. The molecule has 0 heterocycles. The zero-order valence-corrected chi connectivity index (χ0v) is 13.9. The van der Waals surface area contributed by atoms with E-state index in [-0.39, 0.29) is 23.9 Å². The summed E-state index contributed by atoms with van der Waals surface area (Å²) < 4.78 is 0. The molecule has 5 nitrogen and oxygen atoms in total. The summed E-state index contributed by atoms with van der Waals surface area (Å²) in [6.07, 6.45) is 1.40. The zero-order valence-electron chi connectivity index (χ0n) is 13.9. The van der Waals surface area contributed by atoms with Gasteiger partial charge in [0.25, 0.3) is 11.8 Å². The Balaban J connectivity index is 1.62.